The number of benzene rings is 1. The molecule has 19 heavy (non-hydrogen) atoms. The average Bonchev–Trinajstić information content (AvgIpc) is 3.03. The van der Waals surface area contributed by atoms with Crippen LogP contribution in [0.3, 0.4) is 0 Å². The fraction of sp³-hybridized carbons (Fsp3) is 0.357. The summed E-state index contributed by atoms with van der Waals surface area (Å²) in [7, 11) is 0. The van der Waals surface area contributed by atoms with E-state index in [4.69, 9.17) is 21.1 Å². The summed E-state index contributed by atoms with van der Waals surface area (Å²) in [6.07, 6.45) is 0.842. The van der Waals surface area contributed by atoms with E-state index in [9.17, 15) is 4.79 Å². The lowest BCUT2D eigenvalue weighted by atomic mass is 10.1. The van der Waals surface area contributed by atoms with Crippen molar-refractivity contribution in [2.24, 2.45) is 5.92 Å². The lowest BCUT2D eigenvalue weighted by Crippen LogP contribution is -2.28. The molecule has 1 saturated heterocycles. The molecule has 0 spiro atoms. The van der Waals surface area contributed by atoms with Gasteiger partial charge in [0.1, 0.15) is 5.58 Å². The van der Waals surface area contributed by atoms with Crippen molar-refractivity contribution >= 4 is 28.5 Å². The molecule has 1 aliphatic rings. The Morgan fingerprint density at radius 3 is 3.05 bits per heavy atom. The van der Waals surface area contributed by atoms with Gasteiger partial charge in [-0.25, -0.2) is 0 Å². The molecule has 1 fully saturated rings. The number of amides is 1. The molecule has 1 aromatic heterocycles. The second-order valence-electron chi connectivity index (χ2n) is 4.88. The van der Waals surface area contributed by atoms with Gasteiger partial charge in [-0.15, -0.1) is 0 Å². The van der Waals surface area contributed by atoms with Crippen molar-refractivity contribution in [3.05, 3.63) is 35.0 Å². The van der Waals surface area contributed by atoms with Crippen molar-refractivity contribution in [2.45, 2.75) is 6.42 Å². The number of likely N-dealkylation sites (tertiary alicyclic amines) is 1. The number of hydrogen-bond donors (Lipinski definition) is 1. The molecule has 1 unspecified atom stereocenters. The number of fused-ring (bicyclic) bond motifs is 1. The van der Waals surface area contributed by atoms with E-state index >= 15 is 0 Å². The monoisotopic (exact) mass is 279 g/mol. The van der Waals surface area contributed by atoms with E-state index in [-0.39, 0.29) is 18.4 Å². The maximum Gasteiger partial charge on any atom is 0.289 e. The molecule has 2 aromatic rings. The Hall–Kier alpha value is -1.52. The standard InChI is InChI=1S/C14H14ClNO3/c15-11-1-2-12-10(5-11)6-13(19-12)14(18)16-4-3-9(7-16)8-17/h1-2,5-6,9,17H,3-4,7-8H2. The SMILES string of the molecule is O=C(c1cc2cc(Cl)ccc2o1)N1CCC(CO)C1. The minimum Gasteiger partial charge on any atom is -0.451 e. The highest BCUT2D eigenvalue weighted by atomic mass is 35.5. The second kappa shape index (κ2) is 4.87. The van der Waals surface area contributed by atoms with Crippen LogP contribution in [0.15, 0.2) is 28.7 Å². The summed E-state index contributed by atoms with van der Waals surface area (Å²) in [5.74, 6) is 0.391. The summed E-state index contributed by atoms with van der Waals surface area (Å²) in [5.41, 5.74) is 0.658. The Balaban J connectivity index is 1.86. The van der Waals surface area contributed by atoms with Gasteiger partial charge in [-0.3, -0.25) is 4.79 Å². The molecule has 1 atom stereocenters. The molecule has 1 N–H and O–H groups in total. The summed E-state index contributed by atoms with van der Waals surface area (Å²) >= 11 is 5.91. The van der Waals surface area contributed by atoms with Crippen molar-refractivity contribution < 1.29 is 14.3 Å². The summed E-state index contributed by atoms with van der Waals surface area (Å²) in [4.78, 5) is 14.0. The number of aliphatic hydroxyl groups excluding tert-OH is 1. The molecule has 0 bridgehead atoms. The van der Waals surface area contributed by atoms with E-state index in [0.717, 1.165) is 11.8 Å². The van der Waals surface area contributed by atoms with Crippen LogP contribution in [0.5, 0.6) is 0 Å². The minimum absolute atomic E-state index is 0.122. The van der Waals surface area contributed by atoms with Crippen LogP contribution in [0.25, 0.3) is 11.0 Å². The Bertz CT molecular complexity index is 622. The zero-order valence-corrected chi connectivity index (χ0v) is 11.1. The molecule has 2 heterocycles. The van der Waals surface area contributed by atoms with Gasteiger partial charge in [-0.2, -0.15) is 0 Å². The number of furan rings is 1. The molecular formula is C14H14ClNO3. The molecule has 1 amide bonds. The fourth-order valence-electron chi connectivity index (χ4n) is 2.44. The quantitative estimate of drug-likeness (QED) is 0.919. The van der Waals surface area contributed by atoms with Crippen LogP contribution in [-0.2, 0) is 0 Å². The zero-order valence-electron chi connectivity index (χ0n) is 10.3. The maximum absolute atomic E-state index is 12.3. The Morgan fingerprint density at radius 1 is 1.47 bits per heavy atom. The Kier molecular flexibility index (Phi) is 3.21. The summed E-state index contributed by atoms with van der Waals surface area (Å²) in [5, 5.41) is 10.6. The predicted molar refractivity (Wildman–Crippen MR) is 72.3 cm³/mol. The second-order valence-corrected chi connectivity index (χ2v) is 5.32. The van der Waals surface area contributed by atoms with Gasteiger partial charge in [0.15, 0.2) is 5.76 Å². The van der Waals surface area contributed by atoms with Gasteiger partial charge < -0.3 is 14.4 Å². The molecule has 3 rings (SSSR count). The first-order chi connectivity index (χ1) is 9.17. The molecule has 1 aliphatic heterocycles. The van der Waals surface area contributed by atoms with Gasteiger partial charge in [0.25, 0.3) is 5.91 Å². The number of aliphatic hydroxyl groups is 1. The van der Waals surface area contributed by atoms with Crippen LogP contribution in [0.1, 0.15) is 17.0 Å². The van der Waals surface area contributed by atoms with Crippen molar-refractivity contribution in [2.75, 3.05) is 19.7 Å². The molecule has 0 radical (unpaired) electrons. The fourth-order valence-corrected chi connectivity index (χ4v) is 2.62. The molecule has 100 valence electrons. The lowest BCUT2D eigenvalue weighted by molar-refractivity contribution is 0.0752. The van der Waals surface area contributed by atoms with Crippen molar-refractivity contribution in [3.63, 3.8) is 0 Å². The highest BCUT2D eigenvalue weighted by molar-refractivity contribution is 6.31. The highest BCUT2D eigenvalue weighted by Crippen LogP contribution is 2.25. The smallest absolute Gasteiger partial charge is 0.289 e. The predicted octanol–water partition coefficient (Wildman–Crippen LogP) is 2.54. The Morgan fingerprint density at radius 2 is 2.32 bits per heavy atom. The lowest BCUT2D eigenvalue weighted by Gasteiger charge is -2.13. The van der Waals surface area contributed by atoms with Crippen LogP contribution < -0.4 is 0 Å². The van der Waals surface area contributed by atoms with E-state index in [1.807, 2.05) is 0 Å². The number of carbonyl (C=O) groups is 1. The molecule has 4 nitrogen and oxygen atoms in total. The molecule has 5 heteroatoms. The molecular weight excluding hydrogens is 266 g/mol. The van der Waals surface area contributed by atoms with E-state index < -0.39 is 0 Å². The van der Waals surface area contributed by atoms with Crippen molar-refractivity contribution in [3.8, 4) is 0 Å². The van der Waals surface area contributed by atoms with E-state index in [0.29, 0.717) is 29.5 Å². The number of carbonyl (C=O) groups excluding carboxylic acids is 1. The number of hydrogen-bond acceptors (Lipinski definition) is 3. The molecule has 0 aliphatic carbocycles. The number of rotatable bonds is 2. The topological polar surface area (TPSA) is 53.7 Å². The largest absolute Gasteiger partial charge is 0.451 e. The zero-order chi connectivity index (χ0) is 13.4. The number of halogens is 1. The van der Waals surface area contributed by atoms with E-state index in [2.05, 4.69) is 0 Å². The first-order valence-electron chi connectivity index (χ1n) is 6.26. The average molecular weight is 280 g/mol. The first-order valence-corrected chi connectivity index (χ1v) is 6.64. The summed E-state index contributed by atoms with van der Waals surface area (Å²) in [6.45, 7) is 1.38. The van der Waals surface area contributed by atoms with Crippen LogP contribution in [0.2, 0.25) is 5.02 Å². The van der Waals surface area contributed by atoms with Gasteiger partial charge in [0.2, 0.25) is 0 Å². The van der Waals surface area contributed by atoms with Crippen LogP contribution in [0, 0.1) is 5.92 Å². The van der Waals surface area contributed by atoms with Gasteiger partial charge in [-0.1, -0.05) is 11.6 Å². The van der Waals surface area contributed by atoms with Crippen LogP contribution >= 0.6 is 11.6 Å². The number of nitrogens with zero attached hydrogens (tertiary/aromatic N) is 1. The van der Waals surface area contributed by atoms with E-state index in [1.165, 1.54) is 0 Å². The summed E-state index contributed by atoms with van der Waals surface area (Å²) in [6, 6.07) is 6.99. The Labute approximate surface area is 115 Å². The molecule has 0 saturated carbocycles. The van der Waals surface area contributed by atoms with Gasteiger partial charge in [0.05, 0.1) is 0 Å². The van der Waals surface area contributed by atoms with Gasteiger partial charge in [0, 0.05) is 36.0 Å². The van der Waals surface area contributed by atoms with Gasteiger partial charge in [-0.05, 0) is 30.7 Å². The highest BCUT2D eigenvalue weighted by Gasteiger charge is 2.28. The van der Waals surface area contributed by atoms with Crippen LogP contribution in [-0.4, -0.2) is 35.6 Å². The third-order valence-corrected chi connectivity index (χ3v) is 3.76. The molecule has 1 aromatic carbocycles. The van der Waals surface area contributed by atoms with Crippen molar-refractivity contribution in [1.82, 2.24) is 4.90 Å². The van der Waals surface area contributed by atoms with E-state index in [1.54, 1.807) is 29.2 Å². The third kappa shape index (κ3) is 2.33. The summed E-state index contributed by atoms with van der Waals surface area (Å²) < 4.78 is 5.55. The first kappa shape index (κ1) is 12.5. The van der Waals surface area contributed by atoms with Crippen molar-refractivity contribution in [1.29, 1.82) is 0 Å². The third-order valence-electron chi connectivity index (χ3n) is 3.52. The van der Waals surface area contributed by atoms with Crippen LogP contribution in [0.4, 0.5) is 0 Å². The normalized spacial score (nSPS) is 19.3. The minimum atomic E-state index is -0.122. The maximum atomic E-state index is 12.3. The van der Waals surface area contributed by atoms with Gasteiger partial charge >= 0.3 is 0 Å².